The first-order chi connectivity index (χ1) is 22.5. The molecule has 0 unspecified atom stereocenters. The van der Waals surface area contributed by atoms with Gasteiger partial charge in [-0.15, -0.1) is 0 Å². The Labute approximate surface area is 280 Å². The lowest BCUT2D eigenvalue weighted by Gasteiger charge is -2.22. The molecule has 0 fully saturated rings. The van der Waals surface area contributed by atoms with Gasteiger partial charge in [-0.25, -0.2) is 0 Å². The summed E-state index contributed by atoms with van der Waals surface area (Å²) in [5, 5.41) is 7.67. The van der Waals surface area contributed by atoms with Crippen LogP contribution in [0.25, 0.3) is 0 Å². The largest absolute Gasteiger partial charge is 0.468 e. The van der Waals surface area contributed by atoms with E-state index in [4.69, 9.17) is 0 Å². The minimum Gasteiger partial charge on any atom is -0.468 e. The lowest BCUT2D eigenvalue weighted by Crippen LogP contribution is -2.47. The SMILES string of the molecule is COC(=O)CN(CC(=O)CCNC(=O)CN(CC(=O)OC)C(=O)CNC(=O)CCC(=O)CC(=O)C(C)C)C(=O)CCC(=O)CNC(C)C. The molecule has 0 aliphatic carbocycles. The predicted molar refractivity (Wildman–Crippen MR) is 169 cm³/mol. The van der Waals surface area contributed by atoms with E-state index < -0.39 is 79.9 Å². The van der Waals surface area contributed by atoms with E-state index in [1.165, 1.54) is 0 Å². The van der Waals surface area contributed by atoms with Crippen molar-refractivity contribution in [3.8, 4) is 0 Å². The third-order valence-electron chi connectivity index (χ3n) is 6.64. The van der Waals surface area contributed by atoms with Gasteiger partial charge in [-0.05, 0) is 0 Å². The zero-order chi connectivity index (χ0) is 36.8. The Morgan fingerprint density at radius 2 is 1.12 bits per heavy atom. The zero-order valence-corrected chi connectivity index (χ0v) is 28.6. The highest BCUT2D eigenvalue weighted by Gasteiger charge is 2.23. The van der Waals surface area contributed by atoms with Crippen molar-refractivity contribution in [2.75, 3.05) is 60.0 Å². The van der Waals surface area contributed by atoms with E-state index in [9.17, 15) is 47.9 Å². The number of methoxy groups -OCH3 is 2. The molecule has 0 saturated carbocycles. The zero-order valence-electron chi connectivity index (χ0n) is 28.6. The van der Waals surface area contributed by atoms with Crippen LogP contribution in [0.2, 0.25) is 0 Å². The molecule has 0 aliphatic rings. The number of hydrogen-bond donors (Lipinski definition) is 3. The molecule has 0 spiro atoms. The number of rotatable bonds is 25. The van der Waals surface area contributed by atoms with Crippen LogP contribution in [0.4, 0.5) is 0 Å². The first kappa shape index (κ1) is 43.5. The summed E-state index contributed by atoms with van der Waals surface area (Å²) in [5.41, 5.74) is 0. The monoisotopic (exact) mass is 683 g/mol. The average molecular weight is 684 g/mol. The van der Waals surface area contributed by atoms with Crippen LogP contribution in [0, 0.1) is 5.92 Å². The number of Topliss-reactive ketones (excluding diaryl/α,β-unsaturated/α-hetero) is 4. The number of ketones is 4. The van der Waals surface area contributed by atoms with Crippen molar-refractivity contribution in [2.24, 2.45) is 5.92 Å². The number of hydrogen-bond acceptors (Lipinski definition) is 13. The van der Waals surface area contributed by atoms with Gasteiger partial charge < -0.3 is 35.2 Å². The van der Waals surface area contributed by atoms with Gasteiger partial charge in [0.1, 0.15) is 37.0 Å². The third-order valence-corrected chi connectivity index (χ3v) is 6.64. The van der Waals surface area contributed by atoms with Crippen molar-refractivity contribution in [1.29, 1.82) is 0 Å². The minimum absolute atomic E-state index is 0.0722. The molecule has 48 heavy (non-hydrogen) atoms. The van der Waals surface area contributed by atoms with Gasteiger partial charge in [0.2, 0.25) is 23.6 Å². The number of ether oxygens (including phenoxy) is 2. The van der Waals surface area contributed by atoms with Crippen LogP contribution in [0.15, 0.2) is 0 Å². The number of carbonyl (C=O) groups is 10. The fraction of sp³-hybridized carbons (Fsp3) is 0.677. The van der Waals surface area contributed by atoms with Crippen molar-refractivity contribution in [2.45, 2.75) is 72.3 Å². The van der Waals surface area contributed by atoms with Crippen LogP contribution in [0.3, 0.4) is 0 Å². The van der Waals surface area contributed by atoms with E-state index in [-0.39, 0.29) is 75.1 Å². The molecule has 0 radical (unpaired) electrons. The van der Waals surface area contributed by atoms with E-state index in [0.29, 0.717) is 0 Å². The lowest BCUT2D eigenvalue weighted by atomic mass is 10.0. The van der Waals surface area contributed by atoms with Gasteiger partial charge in [0, 0.05) is 50.6 Å². The van der Waals surface area contributed by atoms with Crippen molar-refractivity contribution in [3.63, 3.8) is 0 Å². The minimum atomic E-state index is -0.841. The van der Waals surface area contributed by atoms with Crippen molar-refractivity contribution in [1.82, 2.24) is 25.8 Å². The van der Waals surface area contributed by atoms with Crippen molar-refractivity contribution < 1.29 is 57.4 Å². The van der Waals surface area contributed by atoms with Gasteiger partial charge in [0.15, 0.2) is 5.78 Å². The molecule has 4 amide bonds. The van der Waals surface area contributed by atoms with E-state index in [2.05, 4.69) is 25.4 Å². The van der Waals surface area contributed by atoms with Gasteiger partial charge in [-0.1, -0.05) is 27.7 Å². The molecule has 0 aliphatic heterocycles. The predicted octanol–water partition coefficient (Wildman–Crippen LogP) is -1.51. The van der Waals surface area contributed by atoms with Crippen molar-refractivity contribution >= 4 is 58.7 Å². The normalized spacial score (nSPS) is 10.6. The summed E-state index contributed by atoms with van der Waals surface area (Å²) >= 11 is 0. The molecular weight excluding hydrogens is 634 g/mol. The molecule has 0 aromatic carbocycles. The molecule has 0 aromatic heterocycles. The molecule has 17 heteroatoms. The Kier molecular flexibility index (Phi) is 21.5. The highest BCUT2D eigenvalue weighted by molar-refractivity contribution is 6.01. The quantitative estimate of drug-likeness (QED) is 0.0735. The number of nitrogens with zero attached hydrogens (tertiary/aromatic N) is 2. The summed E-state index contributed by atoms with van der Waals surface area (Å²) in [4.78, 5) is 124. The molecule has 3 N–H and O–H groups in total. The summed E-state index contributed by atoms with van der Waals surface area (Å²) in [5.74, 6) is -6.13. The Morgan fingerprint density at radius 3 is 1.67 bits per heavy atom. The molecule has 0 saturated heterocycles. The molecule has 17 nitrogen and oxygen atoms in total. The maximum Gasteiger partial charge on any atom is 0.325 e. The number of carbonyl (C=O) groups excluding carboxylic acids is 10. The number of esters is 2. The van der Waals surface area contributed by atoms with Crippen LogP contribution in [0.1, 0.15) is 66.2 Å². The lowest BCUT2D eigenvalue weighted by molar-refractivity contribution is -0.148. The van der Waals surface area contributed by atoms with Gasteiger partial charge in [-0.3, -0.25) is 47.9 Å². The molecule has 0 bridgehead atoms. The second-order valence-corrected chi connectivity index (χ2v) is 11.5. The molecule has 0 heterocycles. The van der Waals surface area contributed by atoms with Gasteiger partial charge in [-0.2, -0.15) is 0 Å². The first-order valence-electron chi connectivity index (χ1n) is 15.5. The Balaban J connectivity index is 4.97. The highest BCUT2D eigenvalue weighted by Crippen LogP contribution is 2.04. The Bertz CT molecular complexity index is 1180. The maximum atomic E-state index is 12.7. The van der Waals surface area contributed by atoms with Crippen molar-refractivity contribution in [3.05, 3.63) is 0 Å². The topological polar surface area (TPSA) is 232 Å². The van der Waals surface area contributed by atoms with E-state index in [1.54, 1.807) is 13.8 Å². The summed E-state index contributed by atoms with van der Waals surface area (Å²) in [6.07, 6.45) is -1.32. The average Bonchev–Trinajstić information content (AvgIpc) is 3.02. The molecule has 0 rings (SSSR count). The second-order valence-electron chi connectivity index (χ2n) is 11.5. The maximum absolute atomic E-state index is 12.7. The van der Waals surface area contributed by atoms with Gasteiger partial charge >= 0.3 is 11.9 Å². The molecular formula is C31H49N5O12. The number of amides is 4. The van der Waals surface area contributed by atoms with E-state index >= 15 is 0 Å². The fourth-order valence-electron chi connectivity index (χ4n) is 3.69. The van der Waals surface area contributed by atoms with Gasteiger partial charge in [0.05, 0.1) is 40.3 Å². The molecule has 0 atom stereocenters. The summed E-state index contributed by atoms with van der Waals surface area (Å²) in [6, 6.07) is 0.0753. The third kappa shape index (κ3) is 20.6. The number of nitrogens with one attached hydrogen (secondary N) is 3. The van der Waals surface area contributed by atoms with E-state index in [0.717, 1.165) is 24.0 Å². The summed E-state index contributed by atoms with van der Waals surface area (Å²) in [6.45, 7) is 4.07. The van der Waals surface area contributed by atoms with E-state index in [1.807, 2.05) is 13.8 Å². The van der Waals surface area contributed by atoms with Crippen LogP contribution < -0.4 is 16.0 Å². The van der Waals surface area contributed by atoms with Crippen LogP contribution in [0.5, 0.6) is 0 Å². The summed E-state index contributed by atoms with van der Waals surface area (Å²) in [7, 11) is 2.20. The highest BCUT2D eigenvalue weighted by atomic mass is 16.5. The standard InChI is InChI=1S/C31H49N5O12/c1-20(2)25(40)13-22(37)7-9-26(41)34-15-29(44)36(19-31(46)48-6)17-27(42)32-12-11-24(39)16-35(18-30(45)47-5)28(43)10-8-23(38)14-33-21(3)4/h20-21,33H,7-19H2,1-6H3,(H,32,42)(H,34,41). The Morgan fingerprint density at radius 1 is 0.562 bits per heavy atom. The Hall–Kier alpha value is -4.54. The van der Waals surface area contributed by atoms with Crippen LogP contribution in [-0.2, 0) is 57.4 Å². The van der Waals surface area contributed by atoms with Gasteiger partial charge in [0.25, 0.3) is 0 Å². The smallest absolute Gasteiger partial charge is 0.325 e. The summed E-state index contributed by atoms with van der Waals surface area (Å²) < 4.78 is 9.15. The molecule has 0 aromatic rings. The van der Waals surface area contributed by atoms with Crippen LogP contribution >= 0.6 is 0 Å². The molecule has 270 valence electrons. The van der Waals surface area contributed by atoms with Crippen LogP contribution in [-0.4, -0.2) is 135 Å². The second kappa shape index (κ2) is 23.7. The first-order valence-corrected chi connectivity index (χ1v) is 15.5. The fourth-order valence-corrected chi connectivity index (χ4v) is 3.69.